The molecule has 0 saturated heterocycles. The number of hydrogen-bond donors (Lipinski definition) is 3. The molecule has 0 bridgehead atoms. The maximum atomic E-state index is 11.8. The van der Waals surface area contributed by atoms with Gasteiger partial charge >= 0.3 is 0 Å². The van der Waals surface area contributed by atoms with Crippen molar-refractivity contribution in [3.8, 4) is 0 Å². The molecule has 1 aromatic carbocycles. The van der Waals surface area contributed by atoms with E-state index in [4.69, 9.17) is 23.2 Å². The third-order valence-corrected chi connectivity index (χ3v) is 3.60. The zero-order chi connectivity index (χ0) is 15.8. The third kappa shape index (κ3) is 6.33. The number of nitrogens with one attached hydrogen (secondary N) is 2. The van der Waals surface area contributed by atoms with Crippen molar-refractivity contribution < 1.29 is 14.7 Å². The predicted octanol–water partition coefficient (Wildman–Crippen LogP) is 2.00. The molecule has 0 aliphatic heterocycles. The van der Waals surface area contributed by atoms with Gasteiger partial charge in [0.1, 0.15) is 0 Å². The lowest BCUT2D eigenvalue weighted by Gasteiger charge is -2.09. The van der Waals surface area contributed by atoms with Crippen LogP contribution in [0, 0.1) is 0 Å². The van der Waals surface area contributed by atoms with Crippen molar-refractivity contribution in [2.75, 3.05) is 13.1 Å². The summed E-state index contributed by atoms with van der Waals surface area (Å²) < 4.78 is 0. The molecule has 0 aliphatic rings. The first kappa shape index (κ1) is 17.8. The first-order valence-corrected chi connectivity index (χ1v) is 7.37. The number of amides is 2. The van der Waals surface area contributed by atoms with Crippen molar-refractivity contribution in [2.45, 2.75) is 25.9 Å². The Kier molecular flexibility index (Phi) is 7.50. The van der Waals surface area contributed by atoms with Gasteiger partial charge in [0.25, 0.3) is 5.91 Å². The normalized spacial score (nSPS) is 11.8. The molecule has 1 unspecified atom stereocenters. The number of benzene rings is 1. The highest BCUT2D eigenvalue weighted by molar-refractivity contribution is 6.42. The monoisotopic (exact) mass is 332 g/mol. The van der Waals surface area contributed by atoms with Crippen LogP contribution in [0.3, 0.4) is 0 Å². The molecule has 0 heterocycles. The molecule has 0 spiro atoms. The van der Waals surface area contributed by atoms with Crippen LogP contribution in [0.5, 0.6) is 0 Å². The summed E-state index contributed by atoms with van der Waals surface area (Å²) >= 11 is 11.6. The zero-order valence-electron chi connectivity index (χ0n) is 11.7. The summed E-state index contributed by atoms with van der Waals surface area (Å²) in [5, 5.41) is 15.1. The van der Waals surface area contributed by atoms with E-state index in [1.54, 1.807) is 0 Å². The molecule has 1 rings (SSSR count). The molecule has 116 valence electrons. The van der Waals surface area contributed by atoms with E-state index in [9.17, 15) is 14.7 Å². The Morgan fingerprint density at radius 2 is 1.95 bits per heavy atom. The second-order valence-electron chi connectivity index (χ2n) is 4.51. The van der Waals surface area contributed by atoms with E-state index in [2.05, 4.69) is 10.6 Å². The maximum Gasteiger partial charge on any atom is 0.251 e. The van der Waals surface area contributed by atoms with Crippen LogP contribution >= 0.6 is 23.2 Å². The fourth-order valence-corrected chi connectivity index (χ4v) is 1.84. The smallest absolute Gasteiger partial charge is 0.251 e. The highest BCUT2D eigenvalue weighted by Crippen LogP contribution is 2.22. The molecule has 5 nitrogen and oxygen atoms in total. The highest BCUT2D eigenvalue weighted by Gasteiger charge is 2.10. The largest absolute Gasteiger partial charge is 0.393 e. The van der Waals surface area contributed by atoms with Crippen molar-refractivity contribution in [3.63, 3.8) is 0 Å². The number of hydrogen-bond acceptors (Lipinski definition) is 3. The van der Waals surface area contributed by atoms with Crippen LogP contribution in [0.15, 0.2) is 18.2 Å². The third-order valence-electron chi connectivity index (χ3n) is 2.86. The van der Waals surface area contributed by atoms with Crippen LogP contribution in [0.25, 0.3) is 0 Å². The van der Waals surface area contributed by atoms with Gasteiger partial charge in [-0.2, -0.15) is 0 Å². The summed E-state index contributed by atoms with van der Waals surface area (Å²) in [6, 6.07) is 4.48. The van der Waals surface area contributed by atoms with E-state index in [1.807, 2.05) is 6.92 Å². The van der Waals surface area contributed by atoms with Crippen LogP contribution in [0.1, 0.15) is 30.1 Å². The van der Waals surface area contributed by atoms with Crippen molar-refractivity contribution in [3.05, 3.63) is 33.8 Å². The van der Waals surface area contributed by atoms with Gasteiger partial charge in [0, 0.05) is 12.1 Å². The molecule has 7 heteroatoms. The van der Waals surface area contributed by atoms with Gasteiger partial charge in [-0.15, -0.1) is 0 Å². The number of aliphatic hydroxyl groups is 1. The van der Waals surface area contributed by atoms with Gasteiger partial charge in [0.2, 0.25) is 5.91 Å². The predicted molar refractivity (Wildman–Crippen MR) is 82.7 cm³/mol. The lowest BCUT2D eigenvalue weighted by molar-refractivity contribution is -0.120. The molecule has 1 atom stereocenters. The molecule has 2 amide bonds. The highest BCUT2D eigenvalue weighted by atomic mass is 35.5. The Hall–Kier alpha value is -1.30. The summed E-state index contributed by atoms with van der Waals surface area (Å²) in [5.74, 6) is -0.718. The topological polar surface area (TPSA) is 78.4 Å². The van der Waals surface area contributed by atoms with Crippen LogP contribution in [0.4, 0.5) is 0 Å². The SMILES string of the molecule is CCC(O)CCNC(=O)CNC(=O)c1ccc(Cl)c(Cl)c1. The second kappa shape index (κ2) is 8.87. The van der Waals surface area contributed by atoms with Gasteiger partial charge in [0.05, 0.1) is 22.7 Å². The van der Waals surface area contributed by atoms with E-state index in [-0.39, 0.29) is 17.5 Å². The summed E-state index contributed by atoms with van der Waals surface area (Å²) in [7, 11) is 0. The van der Waals surface area contributed by atoms with Gasteiger partial charge in [-0.3, -0.25) is 9.59 Å². The Balaban J connectivity index is 2.35. The Bertz CT molecular complexity index is 509. The molecule has 0 fully saturated rings. The minimum Gasteiger partial charge on any atom is -0.393 e. The Morgan fingerprint density at radius 1 is 1.24 bits per heavy atom. The Labute approximate surface area is 133 Å². The lowest BCUT2D eigenvalue weighted by Crippen LogP contribution is -2.37. The molecule has 0 radical (unpaired) electrons. The van der Waals surface area contributed by atoms with Crippen molar-refractivity contribution in [2.24, 2.45) is 0 Å². The quantitative estimate of drug-likeness (QED) is 0.714. The molecule has 0 saturated carbocycles. The molecular formula is C14H18Cl2N2O3. The number of rotatable bonds is 7. The van der Waals surface area contributed by atoms with Crippen molar-refractivity contribution >= 4 is 35.0 Å². The fraction of sp³-hybridized carbons (Fsp3) is 0.429. The van der Waals surface area contributed by atoms with E-state index in [1.165, 1.54) is 18.2 Å². The van der Waals surface area contributed by atoms with E-state index >= 15 is 0 Å². The standard InChI is InChI=1S/C14H18Cl2N2O3/c1-2-10(19)5-6-17-13(20)8-18-14(21)9-3-4-11(15)12(16)7-9/h3-4,7,10,19H,2,5-6,8H2,1H3,(H,17,20)(H,18,21). The maximum absolute atomic E-state index is 11.8. The Morgan fingerprint density at radius 3 is 2.57 bits per heavy atom. The fourth-order valence-electron chi connectivity index (χ4n) is 1.54. The second-order valence-corrected chi connectivity index (χ2v) is 5.33. The van der Waals surface area contributed by atoms with Crippen molar-refractivity contribution in [1.29, 1.82) is 0 Å². The van der Waals surface area contributed by atoms with Crippen LogP contribution in [-0.4, -0.2) is 36.1 Å². The number of aliphatic hydroxyl groups excluding tert-OH is 1. The van der Waals surface area contributed by atoms with Crippen molar-refractivity contribution in [1.82, 2.24) is 10.6 Å². The van der Waals surface area contributed by atoms with E-state index in [0.29, 0.717) is 30.0 Å². The number of halogens is 2. The van der Waals surface area contributed by atoms with Gasteiger partial charge in [0.15, 0.2) is 0 Å². The molecule has 0 aliphatic carbocycles. The van der Waals surface area contributed by atoms with E-state index in [0.717, 1.165) is 0 Å². The van der Waals surface area contributed by atoms with Crippen LogP contribution in [0.2, 0.25) is 10.0 Å². The summed E-state index contributed by atoms with van der Waals surface area (Å²) in [6.45, 7) is 2.10. The van der Waals surface area contributed by atoms with Gasteiger partial charge in [-0.25, -0.2) is 0 Å². The molecule has 21 heavy (non-hydrogen) atoms. The first-order valence-electron chi connectivity index (χ1n) is 6.62. The van der Waals surface area contributed by atoms with Crippen LogP contribution < -0.4 is 10.6 Å². The minimum absolute atomic E-state index is 0.138. The first-order chi connectivity index (χ1) is 9.93. The number of carbonyl (C=O) groups excluding carboxylic acids is 2. The molecular weight excluding hydrogens is 315 g/mol. The molecule has 1 aromatic rings. The zero-order valence-corrected chi connectivity index (χ0v) is 13.2. The summed E-state index contributed by atoms with van der Waals surface area (Å²) in [5.41, 5.74) is 0.332. The van der Waals surface area contributed by atoms with Gasteiger partial charge < -0.3 is 15.7 Å². The number of carbonyl (C=O) groups is 2. The van der Waals surface area contributed by atoms with Gasteiger partial charge in [-0.05, 0) is 31.0 Å². The van der Waals surface area contributed by atoms with E-state index < -0.39 is 12.0 Å². The summed E-state index contributed by atoms with van der Waals surface area (Å²) in [6.07, 6.45) is 0.712. The average molecular weight is 333 g/mol. The molecule has 0 aromatic heterocycles. The van der Waals surface area contributed by atoms with Crippen LogP contribution in [-0.2, 0) is 4.79 Å². The van der Waals surface area contributed by atoms with Gasteiger partial charge in [-0.1, -0.05) is 30.1 Å². The molecule has 3 N–H and O–H groups in total. The lowest BCUT2D eigenvalue weighted by atomic mass is 10.2. The summed E-state index contributed by atoms with van der Waals surface area (Å²) in [4.78, 5) is 23.3. The minimum atomic E-state index is -0.420. The average Bonchev–Trinajstić information content (AvgIpc) is 2.47.